The normalized spacial score (nSPS) is 21.2. The summed E-state index contributed by atoms with van der Waals surface area (Å²) in [5.74, 6) is -1.98. The predicted octanol–water partition coefficient (Wildman–Crippen LogP) is 2.72. The highest BCUT2D eigenvalue weighted by Gasteiger charge is 2.44. The summed E-state index contributed by atoms with van der Waals surface area (Å²) in [5, 5.41) is 3.52. The van der Waals surface area contributed by atoms with Gasteiger partial charge in [0, 0.05) is 44.2 Å². The molecule has 4 amide bonds. The Morgan fingerprint density at radius 3 is 2.35 bits per heavy atom. The molecule has 2 aromatic carbocycles. The van der Waals surface area contributed by atoms with Crippen molar-refractivity contribution in [1.29, 1.82) is 0 Å². The number of hydrogen-bond acceptors (Lipinski definition) is 6. The number of benzene rings is 2. The molecule has 8 nitrogen and oxygen atoms in total. The van der Waals surface area contributed by atoms with Gasteiger partial charge < -0.3 is 4.90 Å². The second-order valence-electron chi connectivity index (χ2n) is 8.69. The number of halogens is 2. The average Bonchev–Trinajstić information content (AvgIpc) is 3.06. The molecule has 2 saturated heterocycles. The van der Waals surface area contributed by atoms with Gasteiger partial charge in [0.15, 0.2) is 0 Å². The maximum Gasteiger partial charge on any atom is 0.262 e. The molecular weight excluding hydrogens is 479 g/mol. The van der Waals surface area contributed by atoms with Gasteiger partial charge in [-0.1, -0.05) is 29.3 Å². The van der Waals surface area contributed by atoms with Crippen LogP contribution in [0.15, 0.2) is 36.4 Å². The summed E-state index contributed by atoms with van der Waals surface area (Å²) in [6, 6.07) is 9.72. The van der Waals surface area contributed by atoms with Crippen molar-refractivity contribution in [2.75, 3.05) is 31.1 Å². The van der Waals surface area contributed by atoms with E-state index in [1.807, 2.05) is 12.1 Å². The summed E-state index contributed by atoms with van der Waals surface area (Å²) < 4.78 is 0. The van der Waals surface area contributed by atoms with Crippen LogP contribution in [-0.2, 0) is 16.1 Å². The Hall–Kier alpha value is -2.94. The molecule has 2 aromatic rings. The number of anilines is 1. The highest BCUT2D eigenvalue weighted by Crippen LogP contribution is 2.31. The zero-order valence-electron chi connectivity index (χ0n) is 18.2. The molecule has 5 rings (SSSR count). The van der Waals surface area contributed by atoms with Crippen LogP contribution in [0.25, 0.3) is 0 Å². The molecule has 1 atom stereocenters. The minimum atomic E-state index is -0.958. The fourth-order valence-corrected chi connectivity index (χ4v) is 5.15. The van der Waals surface area contributed by atoms with Crippen LogP contribution in [0.5, 0.6) is 0 Å². The van der Waals surface area contributed by atoms with Crippen molar-refractivity contribution in [1.82, 2.24) is 15.1 Å². The van der Waals surface area contributed by atoms with Gasteiger partial charge in [0.2, 0.25) is 11.8 Å². The fourth-order valence-electron chi connectivity index (χ4n) is 4.75. The number of nitrogens with one attached hydrogen (secondary N) is 1. The van der Waals surface area contributed by atoms with E-state index in [0.717, 1.165) is 42.3 Å². The van der Waals surface area contributed by atoms with Gasteiger partial charge in [0.05, 0.1) is 21.8 Å². The number of imide groups is 2. The van der Waals surface area contributed by atoms with Crippen LogP contribution in [0.1, 0.15) is 39.1 Å². The number of rotatable bonds is 4. The molecular formula is C24H22Cl2N4O4. The van der Waals surface area contributed by atoms with Gasteiger partial charge in [-0.3, -0.25) is 34.3 Å². The predicted molar refractivity (Wildman–Crippen MR) is 127 cm³/mol. The number of carbonyl (C=O) groups excluding carboxylic acids is 4. The van der Waals surface area contributed by atoms with Crippen LogP contribution in [0, 0.1) is 0 Å². The Bertz CT molecular complexity index is 1210. The lowest BCUT2D eigenvalue weighted by Gasteiger charge is -2.36. The fraction of sp³-hybridized carbons (Fsp3) is 0.333. The molecule has 1 N–H and O–H groups in total. The molecule has 3 aliphatic heterocycles. The highest BCUT2D eigenvalue weighted by atomic mass is 35.5. The van der Waals surface area contributed by atoms with Gasteiger partial charge in [0.1, 0.15) is 6.04 Å². The maximum absolute atomic E-state index is 13.0. The number of piperidine rings is 1. The van der Waals surface area contributed by atoms with Crippen LogP contribution in [-0.4, -0.2) is 65.6 Å². The van der Waals surface area contributed by atoms with Gasteiger partial charge in [-0.25, -0.2) is 0 Å². The van der Waals surface area contributed by atoms with Gasteiger partial charge in [0.25, 0.3) is 11.8 Å². The largest absolute Gasteiger partial charge is 0.368 e. The van der Waals surface area contributed by atoms with Crippen LogP contribution in [0.4, 0.5) is 5.69 Å². The number of nitrogens with zero attached hydrogens (tertiary/aromatic N) is 3. The monoisotopic (exact) mass is 500 g/mol. The van der Waals surface area contributed by atoms with E-state index >= 15 is 0 Å². The summed E-state index contributed by atoms with van der Waals surface area (Å²) in [7, 11) is 0. The van der Waals surface area contributed by atoms with Gasteiger partial charge in [-0.15, -0.1) is 0 Å². The van der Waals surface area contributed by atoms with Crippen molar-refractivity contribution >= 4 is 52.5 Å². The Morgan fingerprint density at radius 2 is 1.62 bits per heavy atom. The second-order valence-corrected chi connectivity index (χ2v) is 9.53. The third kappa shape index (κ3) is 4.17. The average molecular weight is 501 g/mol. The molecule has 0 spiro atoms. The Labute approximate surface area is 206 Å². The first kappa shape index (κ1) is 22.8. The topological polar surface area (TPSA) is 90.0 Å². The van der Waals surface area contributed by atoms with E-state index in [1.54, 1.807) is 24.3 Å². The summed E-state index contributed by atoms with van der Waals surface area (Å²) in [6.45, 7) is 3.80. The van der Waals surface area contributed by atoms with Crippen LogP contribution in [0.2, 0.25) is 10.0 Å². The Kier molecular flexibility index (Phi) is 6.06. The molecule has 34 heavy (non-hydrogen) atoms. The number of piperazine rings is 1. The summed E-state index contributed by atoms with van der Waals surface area (Å²) in [4.78, 5) is 55.0. The minimum Gasteiger partial charge on any atom is -0.368 e. The third-order valence-electron chi connectivity index (χ3n) is 6.53. The first-order valence-electron chi connectivity index (χ1n) is 11.1. The zero-order valence-corrected chi connectivity index (χ0v) is 19.7. The summed E-state index contributed by atoms with van der Waals surface area (Å²) >= 11 is 12.5. The Morgan fingerprint density at radius 1 is 0.882 bits per heavy atom. The van der Waals surface area contributed by atoms with Crippen LogP contribution >= 0.6 is 23.2 Å². The number of carbonyl (C=O) groups is 4. The quantitative estimate of drug-likeness (QED) is 0.649. The van der Waals surface area contributed by atoms with Crippen LogP contribution < -0.4 is 10.2 Å². The SMILES string of the molecule is O=C1CCC(N2C(=O)c3ccc(CN4CCN(c5cc(Cl)ccc5Cl)CC4)cc3C2=O)C(=O)N1. The molecule has 0 saturated carbocycles. The van der Waals surface area contributed by atoms with Gasteiger partial charge >= 0.3 is 0 Å². The first-order valence-corrected chi connectivity index (χ1v) is 11.8. The minimum absolute atomic E-state index is 0.0986. The lowest BCUT2D eigenvalue weighted by atomic mass is 10.0. The Balaban J connectivity index is 1.26. The van der Waals surface area contributed by atoms with E-state index in [2.05, 4.69) is 15.1 Å². The maximum atomic E-state index is 13.0. The van der Waals surface area contributed by atoms with Crippen molar-refractivity contribution in [2.45, 2.75) is 25.4 Å². The standard InChI is InChI=1S/C24H22Cl2N4O4/c25-15-2-4-18(26)20(12-15)29-9-7-28(8-10-29)13-14-1-3-16-17(11-14)24(34)30(23(16)33)19-5-6-21(31)27-22(19)32/h1-4,11-12,19H,5-10,13H2,(H,27,31,32). The molecule has 0 radical (unpaired) electrons. The van der Waals surface area contributed by atoms with E-state index in [-0.39, 0.29) is 12.8 Å². The molecule has 176 valence electrons. The van der Waals surface area contributed by atoms with Crippen molar-refractivity contribution in [3.63, 3.8) is 0 Å². The lowest BCUT2D eigenvalue weighted by molar-refractivity contribution is -0.136. The molecule has 0 aromatic heterocycles. The van der Waals surface area contributed by atoms with Crippen molar-refractivity contribution in [3.05, 3.63) is 63.1 Å². The number of fused-ring (bicyclic) bond motifs is 1. The van der Waals surface area contributed by atoms with E-state index < -0.39 is 29.7 Å². The zero-order chi connectivity index (χ0) is 24.0. The van der Waals surface area contributed by atoms with E-state index in [0.29, 0.717) is 27.7 Å². The van der Waals surface area contributed by atoms with Crippen molar-refractivity contribution in [2.24, 2.45) is 0 Å². The number of hydrogen-bond donors (Lipinski definition) is 1. The molecule has 10 heteroatoms. The highest BCUT2D eigenvalue weighted by molar-refractivity contribution is 6.35. The van der Waals surface area contributed by atoms with E-state index in [4.69, 9.17) is 23.2 Å². The molecule has 2 fully saturated rings. The smallest absolute Gasteiger partial charge is 0.262 e. The van der Waals surface area contributed by atoms with E-state index in [1.165, 1.54) is 0 Å². The number of amides is 4. The molecule has 1 unspecified atom stereocenters. The second kappa shape index (κ2) is 9.02. The van der Waals surface area contributed by atoms with Crippen LogP contribution in [0.3, 0.4) is 0 Å². The van der Waals surface area contributed by atoms with E-state index in [9.17, 15) is 19.2 Å². The summed E-state index contributed by atoms with van der Waals surface area (Å²) in [5.41, 5.74) is 2.43. The van der Waals surface area contributed by atoms with Crippen molar-refractivity contribution in [3.8, 4) is 0 Å². The summed E-state index contributed by atoms with van der Waals surface area (Å²) in [6.07, 6.45) is 0.241. The molecule has 0 aliphatic carbocycles. The van der Waals surface area contributed by atoms with Gasteiger partial charge in [-0.05, 0) is 42.3 Å². The lowest BCUT2D eigenvalue weighted by Crippen LogP contribution is -2.54. The molecule has 3 aliphatic rings. The third-order valence-corrected chi connectivity index (χ3v) is 7.09. The first-order chi connectivity index (χ1) is 16.3. The molecule has 0 bridgehead atoms. The van der Waals surface area contributed by atoms with Gasteiger partial charge in [-0.2, -0.15) is 0 Å². The molecule has 3 heterocycles. The van der Waals surface area contributed by atoms with Crippen molar-refractivity contribution < 1.29 is 19.2 Å².